The summed E-state index contributed by atoms with van der Waals surface area (Å²) in [5, 5.41) is 0. The van der Waals surface area contributed by atoms with Crippen molar-refractivity contribution in [3.05, 3.63) is 35.9 Å². The van der Waals surface area contributed by atoms with E-state index in [1.165, 1.54) is 57.1 Å². The molecule has 2 bridgehead atoms. The molecule has 2 heterocycles. The molecule has 0 aromatic heterocycles. The van der Waals surface area contributed by atoms with Crippen LogP contribution in [-0.4, -0.2) is 23.5 Å². The fourth-order valence-electron chi connectivity index (χ4n) is 3.66. The molecule has 92 valence electrons. The van der Waals surface area contributed by atoms with Gasteiger partial charge in [-0.05, 0) is 37.7 Å². The number of fused-ring (bicyclic) bond motifs is 2. The van der Waals surface area contributed by atoms with Crippen molar-refractivity contribution >= 4 is 0 Å². The van der Waals surface area contributed by atoms with Crippen molar-refractivity contribution < 1.29 is 0 Å². The van der Waals surface area contributed by atoms with Crippen LogP contribution in [0.5, 0.6) is 0 Å². The molecule has 2 atom stereocenters. The Hall–Kier alpha value is -0.820. The molecule has 0 N–H and O–H groups in total. The van der Waals surface area contributed by atoms with E-state index in [-0.39, 0.29) is 0 Å². The molecule has 0 saturated carbocycles. The fourth-order valence-corrected chi connectivity index (χ4v) is 3.66. The lowest BCUT2D eigenvalue weighted by molar-refractivity contribution is 0.197. The van der Waals surface area contributed by atoms with Gasteiger partial charge in [-0.1, -0.05) is 43.2 Å². The van der Waals surface area contributed by atoms with Crippen molar-refractivity contribution in [2.24, 2.45) is 0 Å². The molecule has 0 aliphatic carbocycles. The third kappa shape index (κ3) is 2.55. The van der Waals surface area contributed by atoms with Crippen molar-refractivity contribution in [2.75, 3.05) is 6.54 Å². The van der Waals surface area contributed by atoms with E-state index in [2.05, 4.69) is 35.2 Å². The van der Waals surface area contributed by atoms with Crippen molar-refractivity contribution in [1.82, 2.24) is 4.90 Å². The molecule has 17 heavy (non-hydrogen) atoms. The van der Waals surface area contributed by atoms with Gasteiger partial charge in [-0.15, -0.1) is 0 Å². The monoisotopic (exact) mass is 229 g/mol. The van der Waals surface area contributed by atoms with Crippen molar-refractivity contribution in [1.29, 1.82) is 0 Å². The van der Waals surface area contributed by atoms with Crippen LogP contribution in [0, 0.1) is 0 Å². The fraction of sp³-hybridized carbons (Fsp3) is 0.625. The normalized spacial score (nSPS) is 29.2. The van der Waals surface area contributed by atoms with E-state index in [1.54, 1.807) is 0 Å². The van der Waals surface area contributed by atoms with E-state index in [0.29, 0.717) is 0 Å². The van der Waals surface area contributed by atoms with E-state index in [0.717, 1.165) is 12.1 Å². The van der Waals surface area contributed by atoms with Gasteiger partial charge in [-0.3, -0.25) is 4.90 Å². The second-order valence-electron chi connectivity index (χ2n) is 5.64. The largest absolute Gasteiger partial charge is 0.297 e. The summed E-state index contributed by atoms with van der Waals surface area (Å²) in [6.07, 6.45) is 9.97. The van der Waals surface area contributed by atoms with E-state index < -0.39 is 0 Å². The second-order valence-corrected chi connectivity index (χ2v) is 5.64. The first-order valence-corrected chi connectivity index (χ1v) is 7.23. The van der Waals surface area contributed by atoms with Gasteiger partial charge in [-0.25, -0.2) is 0 Å². The van der Waals surface area contributed by atoms with E-state index in [9.17, 15) is 0 Å². The zero-order valence-corrected chi connectivity index (χ0v) is 10.6. The first-order valence-electron chi connectivity index (χ1n) is 7.23. The van der Waals surface area contributed by atoms with Crippen LogP contribution in [0.3, 0.4) is 0 Å². The standard InChI is InChI=1S/C16H23N/c1-2-6-14(7-3-1)12-13-17-15-8-4-5-9-16(17)11-10-15/h1-3,6-7,15-16H,4-5,8-13H2. The van der Waals surface area contributed by atoms with Gasteiger partial charge in [0.2, 0.25) is 0 Å². The molecule has 1 aromatic rings. The van der Waals surface area contributed by atoms with E-state index in [1.807, 2.05) is 0 Å². The zero-order chi connectivity index (χ0) is 11.5. The summed E-state index contributed by atoms with van der Waals surface area (Å²) in [5.41, 5.74) is 1.50. The van der Waals surface area contributed by atoms with Crippen LogP contribution in [-0.2, 0) is 6.42 Å². The van der Waals surface area contributed by atoms with Gasteiger partial charge < -0.3 is 0 Å². The Morgan fingerprint density at radius 3 is 2.18 bits per heavy atom. The number of nitrogens with zero attached hydrogens (tertiary/aromatic N) is 1. The highest BCUT2D eigenvalue weighted by atomic mass is 15.2. The summed E-state index contributed by atoms with van der Waals surface area (Å²) in [6.45, 7) is 1.28. The SMILES string of the molecule is c1ccc(CCN2C3CCCCC2CC3)cc1. The van der Waals surface area contributed by atoms with Gasteiger partial charge in [0, 0.05) is 18.6 Å². The van der Waals surface area contributed by atoms with Crippen molar-refractivity contribution in [2.45, 2.75) is 57.0 Å². The number of benzene rings is 1. The maximum Gasteiger partial charge on any atom is 0.00989 e. The van der Waals surface area contributed by atoms with Gasteiger partial charge in [0.15, 0.2) is 0 Å². The molecule has 2 aliphatic heterocycles. The predicted octanol–water partition coefficient (Wildman–Crippen LogP) is 3.64. The molecule has 1 nitrogen and oxygen atoms in total. The summed E-state index contributed by atoms with van der Waals surface area (Å²) in [7, 11) is 0. The third-order valence-electron chi connectivity index (χ3n) is 4.60. The van der Waals surface area contributed by atoms with Crippen LogP contribution in [0.25, 0.3) is 0 Å². The summed E-state index contributed by atoms with van der Waals surface area (Å²) in [5.74, 6) is 0. The minimum atomic E-state index is 0.909. The minimum Gasteiger partial charge on any atom is -0.297 e. The first kappa shape index (κ1) is 11.3. The molecule has 3 rings (SSSR count). The van der Waals surface area contributed by atoms with Crippen molar-refractivity contribution in [3.63, 3.8) is 0 Å². The highest BCUT2D eigenvalue weighted by Crippen LogP contribution is 2.34. The molecule has 0 spiro atoms. The quantitative estimate of drug-likeness (QED) is 0.765. The number of hydrogen-bond donors (Lipinski definition) is 0. The lowest BCUT2D eigenvalue weighted by Crippen LogP contribution is -2.36. The van der Waals surface area contributed by atoms with Crippen LogP contribution in [0.4, 0.5) is 0 Å². The number of hydrogen-bond acceptors (Lipinski definition) is 1. The molecule has 0 radical (unpaired) electrons. The molecule has 1 aromatic carbocycles. The maximum atomic E-state index is 2.82. The van der Waals surface area contributed by atoms with Crippen LogP contribution < -0.4 is 0 Å². The Bertz CT molecular complexity index is 332. The molecular formula is C16H23N. The van der Waals surface area contributed by atoms with Crippen LogP contribution >= 0.6 is 0 Å². The smallest absolute Gasteiger partial charge is 0.00989 e. The summed E-state index contributed by atoms with van der Waals surface area (Å²) >= 11 is 0. The zero-order valence-electron chi connectivity index (χ0n) is 10.6. The van der Waals surface area contributed by atoms with Crippen molar-refractivity contribution in [3.8, 4) is 0 Å². The maximum absolute atomic E-state index is 2.82. The first-order chi connectivity index (χ1) is 8.43. The van der Waals surface area contributed by atoms with E-state index in [4.69, 9.17) is 0 Å². The van der Waals surface area contributed by atoms with Crippen LogP contribution in [0.15, 0.2) is 30.3 Å². The average molecular weight is 229 g/mol. The topological polar surface area (TPSA) is 3.24 Å². The Morgan fingerprint density at radius 1 is 0.882 bits per heavy atom. The second kappa shape index (κ2) is 5.22. The Balaban J connectivity index is 1.61. The van der Waals surface area contributed by atoms with Crippen LogP contribution in [0.1, 0.15) is 44.1 Å². The van der Waals surface area contributed by atoms with Crippen LogP contribution in [0.2, 0.25) is 0 Å². The molecule has 2 saturated heterocycles. The predicted molar refractivity (Wildman–Crippen MR) is 72.1 cm³/mol. The van der Waals surface area contributed by atoms with Gasteiger partial charge in [0.1, 0.15) is 0 Å². The average Bonchev–Trinajstić information content (AvgIpc) is 2.61. The molecule has 2 fully saturated rings. The molecule has 0 amide bonds. The summed E-state index contributed by atoms with van der Waals surface area (Å²) in [4.78, 5) is 2.82. The summed E-state index contributed by atoms with van der Waals surface area (Å²) in [6, 6.07) is 12.8. The highest BCUT2D eigenvalue weighted by Gasteiger charge is 2.33. The lowest BCUT2D eigenvalue weighted by atomic mass is 10.0. The molecule has 1 heteroatoms. The Morgan fingerprint density at radius 2 is 1.53 bits per heavy atom. The van der Waals surface area contributed by atoms with Gasteiger partial charge in [0.05, 0.1) is 0 Å². The molecule has 2 unspecified atom stereocenters. The van der Waals surface area contributed by atoms with Gasteiger partial charge in [-0.2, -0.15) is 0 Å². The highest BCUT2D eigenvalue weighted by molar-refractivity contribution is 5.15. The minimum absolute atomic E-state index is 0.909. The lowest BCUT2D eigenvalue weighted by Gasteiger charge is -2.27. The Labute approximate surface area is 105 Å². The molecular weight excluding hydrogens is 206 g/mol. The van der Waals surface area contributed by atoms with Gasteiger partial charge in [0.25, 0.3) is 0 Å². The molecule has 2 aliphatic rings. The Kier molecular flexibility index (Phi) is 3.46. The third-order valence-corrected chi connectivity index (χ3v) is 4.60. The number of rotatable bonds is 3. The van der Waals surface area contributed by atoms with E-state index >= 15 is 0 Å². The summed E-state index contributed by atoms with van der Waals surface area (Å²) < 4.78 is 0. The van der Waals surface area contributed by atoms with Gasteiger partial charge >= 0.3 is 0 Å².